The number of carbonyl (C=O) groups is 2. The topological polar surface area (TPSA) is 104 Å². The fourth-order valence-electron chi connectivity index (χ4n) is 3.34. The maximum atomic E-state index is 13.0. The van der Waals surface area contributed by atoms with Gasteiger partial charge in [0.1, 0.15) is 6.04 Å². The fraction of sp³-hybridized carbons (Fsp3) is 0.364. The summed E-state index contributed by atoms with van der Waals surface area (Å²) >= 11 is 0. The molecule has 0 bridgehead atoms. The van der Waals surface area contributed by atoms with E-state index in [1.807, 2.05) is 30.3 Å². The molecule has 0 spiro atoms. The number of aryl methyl sites for hydroxylation is 1. The van der Waals surface area contributed by atoms with Gasteiger partial charge in [0.15, 0.2) is 0 Å². The van der Waals surface area contributed by atoms with Crippen molar-refractivity contribution in [1.29, 1.82) is 0 Å². The summed E-state index contributed by atoms with van der Waals surface area (Å²) in [5, 5.41) is 5.60. The van der Waals surface area contributed by atoms with Crippen LogP contribution in [0.3, 0.4) is 0 Å². The first-order chi connectivity index (χ1) is 14.3. The highest BCUT2D eigenvalue weighted by Crippen LogP contribution is 2.25. The van der Waals surface area contributed by atoms with Crippen LogP contribution in [-0.2, 0) is 32.6 Å². The van der Waals surface area contributed by atoms with Gasteiger partial charge in [0.2, 0.25) is 21.8 Å². The van der Waals surface area contributed by atoms with Crippen LogP contribution >= 0.6 is 0 Å². The number of amides is 2. The zero-order valence-corrected chi connectivity index (χ0v) is 18.0. The summed E-state index contributed by atoms with van der Waals surface area (Å²) in [5.74, 6) is -0.687. The van der Waals surface area contributed by atoms with Crippen molar-refractivity contribution in [2.45, 2.75) is 50.6 Å². The number of fused-ring (bicyclic) bond motifs is 1. The van der Waals surface area contributed by atoms with Gasteiger partial charge in [-0.1, -0.05) is 44.2 Å². The Kier molecular flexibility index (Phi) is 6.89. The normalized spacial score (nSPS) is 15.1. The maximum Gasteiger partial charge on any atom is 0.241 e. The number of rotatable bonds is 7. The van der Waals surface area contributed by atoms with E-state index in [9.17, 15) is 18.0 Å². The van der Waals surface area contributed by atoms with Gasteiger partial charge in [0, 0.05) is 18.7 Å². The molecule has 7 nitrogen and oxygen atoms in total. The van der Waals surface area contributed by atoms with Gasteiger partial charge in [-0.3, -0.25) is 9.59 Å². The summed E-state index contributed by atoms with van der Waals surface area (Å²) in [5.41, 5.74) is 2.35. The van der Waals surface area contributed by atoms with E-state index in [1.54, 1.807) is 26.0 Å². The number of hydrogen-bond donors (Lipinski definition) is 3. The number of carbonyl (C=O) groups excluding carboxylic acids is 2. The number of nitrogens with one attached hydrogen (secondary N) is 3. The Morgan fingerprint density at radius 2 is 1.83 bits per heavy atom. The van der Waals surface area contributed by atoms with Gasteiger partial charge >= 0.3 is 0 Å². The molecule has 2 aromatic rings. The summed E-state index contributed by atoms with van der Waals surface area (Å²) in [7, 11) is -3.91. The van der Waals surface area contributed by atoms with Crippen LogP contribution in [0.5, 0.6) is 0 Å². The molecule has 1 heterocycles. The summed E-state index contributed by atoms with van der Waals surface area (Å²) in [6.07, 6.45) is 1.68. The molecular weight excluding hydrogens is 402 g/mol. The molecule has 0 saturated carbocycles. The van der Waals surface area contributed by atoms with E-state index in [-0.39, 0.29) is 22.6 Å². The van der Waals surface area contributed by atoms with Crippen LogP contribution in [-0.4, -0.2) is 26.3 Å². The standard InChI is InChI=1S/C22H27N3O4S/c1-15(2)21(22(27)23-14-16-7-4-3-5-8-16)25-30(28,29)18-11-12-19-17(13-18)9-6-10-20(26)24-19/h3-5,7-8,11-13,15,21,25H,6,9-10,14H2,1-2H3,(H,23,27)(H,24,26)/t21-/m0/s1. The number of anilines is 1. The van der Waals surface area contributed by atoms with Crippen LogP contribution in [0.25, 0.3) is 0 Å². The summed E-state index contributed by atoms with van der Waals surface area (Å²) in [6.45, 7) is 3.91. The monoisotopic (exact) mass is 429 g/mol. The minimum absolute atomic E-state index is 0.0718. The molecule has 0 aliphatic carbocycles. The Morgan fingerprint density at radius 3 is 2.53 bits per heavy atom. The van der Waals surface area contributed by atoms with Crippen molar-refractivity contribution in [3.63, 3.8) is 0 Å². The van der Waals surface area contributed by atoms with Gasteiger partial charge < -0.3 is 10.6 Å². The van der Waals surface area contributed by atoms with E-state index in [0.29, 0.717) is 31.5 Å². The summed E-state index contributed by atoms with van der Waals surface area (Å²) < 4.78 is 28.5. The predicted octanol–water partition coefficient (Wildman–Crippen LogP) is 2.58. The largest absolute Gasteiger partial charge is 0.351 e. The minimum atomic E-state index is -3.91. The Balaban J connectivity index is 1.75. The van der Waals surface area contributed by atoms with Crippen molar-refractivity contribution in [3.8, 4) is 0 Å². The maximum absolute atomic E-state index is 13.0. The van der Waals surface area contributed by atoms with Crippen molar-refractivity contribution in [3.05, 3.63) is 59.7 Å². The van der Waals surface area contributed by atoms with Gasteiger partial charge in [-0.15, -0.1) is 0 Å². The molecule has 0 radical (unpaired) electrons. The quantitative estimate of drug-likeness (QED) is 0.629. The Bertz CT molecular complexity index is 1020. The number of hydrogen-bond acceptors (Lipinski definition) is 4. The second kappa shape index (κ2) is 9.40. The molecule has 2 amide bonds. The zero-order valence-electron chi connectivity index (χ0n) is 17.1. The van der Waals surface area contributed by atoms with Crippen molar-refractivity contribution in [2.24, 2.45) is 5.92 Å². The number of sulfonamides is 1. The minimum Gasteiger partial charge on any atom is -0.351 e. The Morgan fingerprint density at radius 1 is 1.10 bits per heavy atom. The Hall–Kier alpha value is -2.71. The summed E-state index contributed by atoms with van der Waals surface area (Å²) in [6, 6.07) is 13.2. The van der Waals surface area contributed by atoms with Gasteiger partial charge in [-0.2, -0.15) is 4.72 Å². The lowest BCUT2D eigenvalue weighted by Gasteiger charge is -2.22. The molecule has 160 valence electrons. The van der Waals surface area contributed by atoms with E-state index in [4.69, 9.17) is 0 Å². The molecule has 1 aliphatic rings. The number of benzene rings is 2. The molecular formula is C22H27N3O4S. The van der Waals surface area contributed by atoms with E-state index >= 15 is 0 Å². The van der Waals surface area contributed by atoms with Crippen LogP contribution in [0.4, 0.5) is 5.69 Å². The van der Waals surface area contributed by atoms with Gasteiger partial charge in [-0.25, -0.2) is 8.42 Å². The van der Waals surface area contributed by atoms with Gasteiger partial charge in [0.05, 0.1) is 4.90 Å². The van der Waals surface area contributed by atoms with Crippen LogP contribution in [0, 0.1) is 5.92 Å². The van der Waals surface area contributed by atoms with Crippen molar-refractivity contribution < 1.29 is 18.0 Å². The zero-order chi connectivity index (χ0) is 21.7. The lowest BCUT2D eigenvalue weighted by molar-refractivity contribution is -0.123. The lowest BCUT2D eigenvalue weighted by Crippen LogP contribution is -2.49. The third-order valence-corrected chi connectivity index (χ3v) is 6.49. The molecule has 0 unspecified atom stereocenters. The van der Waals surface area contributed by atoms with E-state index in [0.717, 1.165) is 11.1 Å². The molecule has 0 fully saturated rings. The van der Waals surface area contributed by atoms with Crippen LogP contribution in [0.1, 0.15) is 37.8 Å². The second-order valence-electron chi connectivity index (χ2n) is 7.77. The molecule has 3 N–H and O–H groups in total. The first kappa shape index (κ1) is 22.0. The predicted molar refractivity (Wildman–Crippen MR) is 115 cm³/mol. The van der Waals surface area contributed by atoms with E-state index in [1.165, 1.54) is 6.07 Å². The van der Waals surface area contributed by atoms with Gasteiger partial charge in [-0.05, 0) is 48.1 Å². The summed E-state index contributed by atoms with van der Waals surface area (Å²) in [4.78, 5) is 24.5. The van der Waals surface area contributed by atoms with Crippen LogP contribution < -0.4 is 15.4 Å². The van der Waals surface area contributed by atoms with Crippen LogP contribution in [0.15, 0.2) is 53.4 Å². The third-order valence-electron chi connectivity index (χ3n) is 5.05. The van der Waals surface area contributed by atoms with Crippen LogP contribution in [0.2, 0.25) is 0 Å². The van der Waals surface area contributed by atoms with Gasteiger partial charge in [0.25, 0.3) is 0 Å². The smallest absolute Gasteiger partial charge is 0.241 e. The molecule has 3 rings (SSSR count). The highest BCUT2D eigenvalue weighted by Gasteiger charge is 2.29. The average Bonchev–Trinajstić information content (AvgIpc) is 2.90. The van der Waals surface area contributed by atoms with E-state index < -0.39 is 16.1 Å². The van der Waals surface area contributed by atoms with Crippen molar-refractivity contribution in [2.75, 3.05) is 5.32 Å². The van der Waals surface area contributed by atoms with Crippen molar-refractivity contribution in [1.82, 2.24) is 10.0 Å². The highest BCUT2D eigenvalue weighted by atomic mass is 32.2. The molecule has 30 heavy (non-hydrogen) atoms. The second-order valence-corrected chi connectivity index (χ2v) is 9.48. The van der Waals surface area contributed by atoms with Crippen molar-refractivity contribution >= 4 is 27.5 Å². The first-order valence-corrected chi connectivity index (χ1v) is 11.5. The fourth-order valence-corrected chi connectivity index (χ4v) is 4.73. The SMILES string of the molecule is CC(C)[C@H](NS(=O)(=O)c1ccc2c(c1)CCCC(=O)N2)C(=O)NCc1ccccc1. The Labute approximate surface area is 177 Å². The average molecular weight is 430 g/mol. The molecule has 1 atom stereocenters. The molecule has 1 aliphatic heterocycles. The molecule has 8 heteroatoms. The highest BCUT2D eigenvalue weighted by molar-refractivity contribution is 7.89. The lowest BCUT2D eigenvalue weighted by atomic mass is 10.0. The molecule has 2 aromatic carbocycles. The molecule has 0 saturated heterocycles. The molecule has 0 aromatic heterocycles. The first-order valence-electron chi connectivity index (χ1n) is 10.0. The van der Waals surface area contributed by atoms with E-state index in [2.05, 4.69) is 15.4 Å². The third kappa shape index (κ3) is 5.46.